The lowest BCUT2D eigenvalue weighted by Crippen LogP contribution is -2.14. The fourth-order valence-corrected chi connectivity index (χ4v) is 2.14. The van der Waals surface area contributed by atoms with Crippen LogP contribution in [0.1, 0.15) is 20.0 Å². The number of carboxylic acids is 1. The Morgan fingerprint density at radius 3 is 2.30 bits per heavy atom. The molecule has 2 rings (SSSR count). The molecule has 2 aromatic rings. The number of carbonyl (C=O) groups is 2. The molecule has 4 nitrogen and oxygen atoms in total. The maximum absolute atomic E-state index is 13.0. The number of carbonyl (C=O) groups excluding carboxylic acids is 1. The fourth-order valence-electron chi connectivity index (χ4n) is 1.45. The average Bonchev–Trinajstić information content (AvgIpc) is 2.83. The molecule has 1 aromatic carbocycles. The number of rotatable bonds is 3. The summed E-state index contributed by atoms with van der Waals surface area (Å²) in [5, 5.41) is 12.5. The third-order valence-electron chi connectivity index (χ3n) is 2.35. The van der Waals surface area contributed by atoms with Crippen LogP contribution in [0.15, 0.2) is 23.6 Å². The minimum atomic E-state index is -1.68. The van der Waals surface area contributed by atoms with Gasteiger partial charge in [-0.25, -0.2) is 18.0 Å². The Balaban J connectivity index is 2.29. The fraction of sp³-hybridized carbons (Fsp3) is 0. The van der Waals surface area contributed by atoms with Crippen LogP contribution in [0.5, 0.6) is 0 Å². The van der Waals surface area contributed by atoms with Crippen molar-refractivity contribution >= 4 is 28.9 Å². The van der Waals surface area contributed by atoms with E-state index in [1.54, 1.807) is 0 Å². The molecular formula is C12H6F3NO3S. The molecule has 1 heterocycles. The number of hydrogen-bond acceptors (Lipinski definition) is 3. The SMILES string of the molecule is O=C(Nc1ccsc1C(=O)O)c1cc(F)c(F)c(F)c1. The van der Waals surface area contributed by atoms with E-state index in [9.17, 15) is 22.8 Å². The lowest BCUT2D eigenvalue weighted by Gasteiger charge is -2.05. The maximum Gasteiger partial charge on any atom is 0.348 e. The van der Waals surface area contributed by atoms with Gasteiger partial charge in [-0.15, -0.1) is 11.3 Å². The number of benzene rings is 1. The van der Waals surface area contributed by atoms with Gasteiger partial charge in [0.2, 0.25) is 0 Å². The van der Waals surface area contributed by atoms with Gasteiger partial charge in [0.1, 0.15) is 4.88 Å². The average molecular weight is 301 g/mol. The first kappa shape index (κ1) is 14.1. The highest BCUT2D eigenvalue weighted by atomic mass is 32.1. The molecule has 0 unspecified atom stereocenters. The molecule has 0 aliphatic rings. The molecule has 0 saturated carbocycles. The molecule has 1 aromatic heterocycles. The zero-order valence-electron chi connectivity index (χ0n) is 9.62. The molecule has 0 bridgehead atoms. The van der Waals surface area contributed by atoms with Crippen LogP contribution in [0, 0.1) is 17.5 Å². The molecule has 104 valence electrons. The summed E-state index contributed by atoms with van der Waals surface area (Å²) in [5.41, 5.74) is -0.457. The summed E-state index contributed by atoms with van der Waals surface area (Å²) in [6, 6.07) is 2.39. The highest BCUT2D eigenvalue weighted by Crippen LogP contribution is 2.23. The minimum absolute atomic E-state index is 0.00218. The summed E-state index contributed by atoms with van der Waals surface area (Å²) >= 11 is 0.881. The van der Waals surface area contributed by atoms with Gasteiger partial charge in [0, 0.05) is 5.56 Å². The maximum atomic E-state index is 13.0. The molecule has 0 fully saturated rings. The molecule has 1 amide bonds. The van der Waals surface area contributed by atoms with Crippen LogP contribution in [-0.4, -0.2) is 17.0 Å². The summed E-state index contributed by atoms with van der Waals surface area (Å²) < 4.78 is 38.8. The lowest BCUT2D eigenvalue weighted by molar-refractivity contribution is 0.0703. The van der Waals surface area contributed by atoms with Gasteiger partial charge in [0.15, 0.2) is 17.5 Å². The molecule has 0 aliphatic carbocycles. The third kappa shape index (κ3) is 2.64. The number of amides is 1. The predicted molar refractivity (Wildman–Crippen MR) is 65.5 cm³/mol. The van der Waals surface area contributed by atoms with Crippen molar-refractivity contribution in [2.75, 3.05) is 5.32 Å². The van der Waals surface area contributed by atoms with Gasteiger partial charge in [0.05, 0.1) is 5.69 Å². The second-order valence-electron chi connectivity index (χ2n) is 3.68. The van der Waals surface area contributed by atoms with E-state index in [2.05, 4.69) is 5.32 Å². The summed E-state index contributed by atoms with van der Waals surface area (Å²) in [6.45, 7) is 0. The second kappa shape index (κ2) is 5.33. The number of hydrogen-bond donors (Lipinski definition) is 2. The molecule has 0 spiro atoms. The van der Waals surface area contributed by atoms with E-state index in [1.807, 2.05) is 0 Å². The zero-order chi connectivity index (χ0) is 14.9. The van der Waals surface area contributed by atoms with Gasteiger partial charge in [0.25, 0.3) is 5.91 Å². The predicted octanol–water partition coefficient (Wildman–Crippen LogP) is 3.12. The Morgan fingerprint density at radius 2 is 1.75 bits per heavy atom. The number of thiophene rings is 1. The van der Waals surface area contributed by atoms with Crippen LogP contribution in [0.2, 0.25) is 0 Å². The Morgan fingerprint density at radius 1 is 1.15 bits per heavy atom. The monoisotopic (exact) mass is 301 g/mol. The summed E-state index contributed by atoms with van der Waals surface area (Å²) in [5.74, 6) is -6.86. The van der Waals surface area contributed by atoms with Gasteiger partial charge < -0.3 is 10.4 Å². The Kier molecular flexibility index (Phi) is 3.75. The summed E-state index contributed by atoms with van der Waals surface area (Å²) in [4.78, 5) is 22.5. The van der Waals surface area contributed by atoms with Gasteiger partial charge >= 0.3 is 5.97 Å². The van der Waals surface area contributed by atoms with E-state index in [0.717, 1.165) is 11.3 Å². The quantitative estimate of drug-likeness (QED) is 0.856. The second-order valence-corrected chi connectivity index (χ2v) is 4.59. The molecule has 20 heavy (non-hydrogen) atoms. The Bertz CT molecular complexity index is 676. The first-order chi connectivity index (χ1) is 9.40. The molecular weight excluding hydrogens is 295 g/mol. The Labute approximate surface area is 114 Å². The summed E-state index contributed by atoms with van der Waals surface area (Å²) in [7, 11) is 0. The van der Waals surface area contributed by atoms with Crippen LogP contribution in [0.3, 0.4) is 0 Å². The Hall–Kier alpha value is -2.35. The van der Waals surface area contributed by atoms with Crippen molar-refractivity contribution in [3.63, 3.8) is 0 Å². The van der Waals surface area contributed by atoms with Crippen LogP contribution in [0.4, 0.5) is 18.9 Å². The van der Waals surface area contributed by atoms with Crippen LogP contribution < -0.4 is 5.32 Å². The number of halogens is 3. The summed E-state index contributed by atoms with van der Waals surface area (Å²) in [6.07, 6.45) is 0. The van der Waals surface area contributed by atoms with Crippen molar-refractivity contribution in [1.29, 1.82) is 0 Å². The van der Waals surface area contributed by atoms with Crippen molar-refractivity contribution in [3.05, 3.63) is 51.5 Å². The van der Waals surface area contributed by atoms with E-state index in [1.165, 1.54) is 11.4 Å². The van der Waals surface area contributed by atoms with Crippen LogP contribution >= 0.6 is 11.3 Å². The van der Waals surface area contributed by atoms with Crippen molar-refractivity contribution < 1.29 is 27.9 Å². The highest BCUT2D eigenvalue weighted by Gasteiger charge is 2.18. The van der Waals surface area contributed by atoms with Gasteiger partial charge in [-0.05, 0) is 23.6 Å². The van der Waals surface area contributed by atoms with Crippen LogP contribution in [0.25, 0.3) is 0 Å². The first-order valence-electron chi connectivity index (χ1n) is 5.17. The standard InChI is InChI=1S/C12H6F3NO3S/c13-6-3-5(4-7(14)9(6)15)11(17)16-8-1-2-20-10(8)12(18)19/h1-4H,(H,16,17)(H,18,19). The van der Waals surface area contributed by atoms with Crippen LogP contribution in [-0.2, 0) is 0 Å². The normalized spacial score (nSPS) is 10.3. The van der Waals surface area contributed by atoms with E-state index in [-0.39, 0.29) is 10.6 Å². The van der Waals surface area contributed by atoms with Crippen molar-refractivity contribution in [2.45, 2.75) is 0 Å². The molecule has 0 atom stereocenters. The molecule has 0 saturated heterocycles. The number of aromatic carboxylic acids is 1. The number of anilines is 1. The minimum Gasteiger partial charge on any atom is -0.477 e. The van der Waals surface area contributed by atoms with Crippen molar-refractivity contribution in [2.24, 2.45) is 0 Å². The molecule has 8 heteroatoms. The van der Waals surface area contributed by atoms with E-state index >= 15 is 0 Å². The smallest absolute Gasteiger partial charge is 0.348 e. The van der Waals surface area contributed by atoms with E-state index in [4.69, 9.17) is 5.11 Å². The largest absolute Gasteiger partial charge is 0.477 e. The third-order valence-corrected chi connectivity index (χ3v) is 3.26. The van der Waals surface area contributed by atoms with Gasteiger partial charge in [-0.3, -0.25) is 4.79 Å². The first-order valence-corrected chi connectivity index (χ1v) is 6.04. The molecule has 2 N–H and O–H groups in total. The van der Waals surface area contributed by atoms with E-state index in [0.29, 0.717) is 12.1 Å². The number of nitrogens with one attached hydrogen (secondary N) is 1. The van der Waals surface area contributed by atoms with Crippen molar-refractivity contribution in [1.82, 2.24) is 0 Å². The molecule has 0 aliphatic heterocycles. The lowest BCUT2D eigenvalue weighted by atomic mass is 10.2. The number of carboxylic acid groups (broad SMARTS) is 1. The molecule has 0 radical (unpaired) electrons. The zero-order valence-corrected chi connectivity index (χ0v) is 10.4. The highest BCUT2D eigenvalue weighted by molar-refractivity contribution is 7.12. The van der Waals surface area contributed by atoms with Gasteiger partial charge in [-0.1, -0.05) is 0 Å². The van der Waals surface area contributed by atoms with Gasteiger partial charge in [-0.2, -0.15) is 0 Å². The van der Waals surface area contributed by atoms with Crippen molar-refractivity contribution in [3.8, 4) is 0 Å². The topological polar surface area (TPSA) is 66.4 Å². The van der Waals surface area contributed by atoms with E-state index < -0.39 is 34.9 Å².